The number of rotatable bonds is 8. The third-order valence-electron chi connectivity index (χ3n) is 2.81. The van der Waals surface area contributed by atoms with Crippen LogP contribution >= 0.6 is 0 Å². The summed E-state index contributed by atoms with van der Waals surface area (Å²) in [5.74, 6) is 0.306. The van der Waals surface area contributed by atoms with Crippen LogP contribution in [0.5, 0.6) is 5.75 Å². The van der Waals surface area contributed by atoms with Gasteiger partial charge in [0.2, 0.25) is 0 Å². The van der Waals surface area contributed by atoms with E-state index in [2.05, 4.69) is 11.8 Å². The summed E-state index contributed by atoms with van der Waals surface area (Å²) < 4.78 is 0. The van der Waals surface area contributed by atoms with Crippen LogP contribution in [0, 0.1) is 0 Å². The number of phenolic OH excluding ortho intramolecular Hbond substituents is 1. The smallest absolute Gasteiger partial charge is 0.115 e. The molecule has 0 aliphatic rings. The van der Waals surface area contributed by atoms with Gasteiger partial charge in [-0.25, -0.2) is 0 Å². The molecule has 0 radical (unpaired) electrons. The molecule has 0 fully saturated rings. The Bertz CT molecular complexity index is 315. The molecule has 0 aromatic heterocycles. The molecule has 0 aliphatic carbocycles. The largest absolute Gasteiger partial charge is 0.508 e. The summed E-state index contributed by atoms with van der Waals surface area (Å²) in [5, 5.41) is 18.4. The van der Waals surface area contributed by atoms with Crippen molar-refractivity contribution in [3.8, 4) is 5.75 Å². The van der Waals surface area contributed by atoms with E-state index in [0.29, 0.717) is 12.3 Å². The van der Waals surface area contributed by atoms with E-state index in [4.69, 9.17) is 5.11 Å². The molecule has 2 N–H and O–H groups in total. The first-order valence-corrected chi connectivity index (χ1v) is 6.37. The van der Waals surface area contributed by atoms with Gasteiger partial charge >= 0.3 is 0 Å². The maximum Gasteiger partial charge on any atom is 0.115 e. The molecule has 0 amide bonds. The number of hydrogen-bond donors (Lipinski definition) is 2. The van der Waals surface area contributed by atoms with Crippen molar-refractivity contribution >= 4 is 0 Å². The summed E-state index contributed by atoms with van der Waals surface area (Å²) in [4.78, 5) is 2.23. The van der Waals surface area contributed by atoms with Crippen molar-refractivity contribution in [1.29, 1.82) is 0 Å². The van der Waals surface area contributed by atoms with Gasteiger partial charge in [-0.15, -0.1) is 0 Å². The molecule has 0 saturated carbocycles. The highest BCUT2D eigenvalue weighted by atomic mass is 16.3. The van der Waals surface area contributed by atoms with Crippen molar-refractivity contribution in [2.45, 2.75) is 32.7 Å². The van der Waals surface area contributed by atoms with Crippen LogP contribution in [0.1, 0.15) is 31.7 Å². The molecule has 0 saturated heterocycles. The Morgan fingerprint density at radius 1 is 1.18 bits per heavy atom. The molecular formula is C14H23NO2. The van der Waals surface area contributed by atoms with Crippen LogP contribution < -0.4 is 0 Å². The monoisotopic (exact) mass is 237 g/mol. The molecule has 1 rings (SSSR count). The number of benzene rings is 1. The molecule has 3 heteroatoms. The Morgan fingerprint density at radius 3 is 2.65 bits per heavy atom. The van der Waals surface area contributed by atoms with E-state index in [1.807, 2.05) is 12.1 Å². The van der Waals surface area contributed by atoms with Gasteiger partial charge < -0.3 is 10.2 Å². The average Bonchev–Trinajstić information content (AvgIpc) is 2.29. The second-order valence-corrected chi connectivity index (χ2v) is 4.38. The maximum absolute atomic E-state index is 9.40. The number of hydrogen-bond acceptors (Lipinski definition) is 3. The predicted octanol–water partition coefficient (Wildman–Crippen LogP) is 2.38. The molecule has 0 heterocycles. The van der Waals surface area contributed by atoms with Crippen molar-refractivity contribution in [3.63, 3.8) is 0 Å². The SMILES string of the molecule is CCCCCN(CCO)Cc1cccc(O)c1. The zero-order chi connectivity index (χ0) is 12.5. The number of phenols is 1. The summed E-state index contributed by atoms with van der Waals surface area (Å²) in [7, 11) is 0. The Hall–Kier alpha value is -1.06. The lowest BCUT2D eigenvalue weighted by Gasteiger charge is -2.21. The molecule has 3 nitrogen and oxygen atoms in total. The van der Waals surface area contributed by atoms with Crippen molar-refractivity contribution in [3.05, 3.63) is 29.8 Å². The van der Waals surface area contributed by atoms with Crippen LogP contribution in [-0.2, 0) is 6.54 Å². The number of aliphatic hydroxyl groups is 1. The quantitative estimate of drug-likeness (QED) is 0.682. The second-order valence-electron chi connectivity index (χ2n) is 4.38. The summed E-state index contributed by atoms with van der Waals surface area (Å²) in [6.45, 7) is 4.86. The number of unbranched alkanes of at least 4 members (excludes halogenated alkanes) is 2. The first kappa shape index (κ1) is 14.0. The van der Waals surface area contributed by atoms with Crippen molar-refractivity contribution in [1.82, 2.24) is 4.90 Å². The van der Waals surface area contributed by atoms with Crippen LogP contribution in [0.4, 0.5) is 0 Å². The predicted molar refractivity (Wildman–Crippen MR) is 70.0 cm³/mol. The summed E-state index contributed by atoms with van der Waals surface area (Å²) in [6, 6.07) is 7.32. The normalized spacial score (nSPS) is 11.0. The van der Waals surface area contributed by atoms with E-state index in [-0.39, 0.29) is 6.61 Å². The fourth-order valence-corrected chi connectivity index (χ4v) is 1.91. The molecule has 96 valence electrons. The lowest BCUT2D eigenvalue weighted by Crippen LogP contribution is -2.27. The molecule has 0 aliphatic heterocycles. The summed E-state index contributed by atoms with van der Waals surface area (Å²) in [6.07, 6.45) is 3.59. The molecule has 0 spiro atoms. The Morgan fingerprint density at radius 2 is 2.00 bits per heavy atom. The Labute approximate surface area is 104 Å². The third-order valence-corrected chi connectivity index (χ3v) is 2.81. The van der Waals surface area contributed by atoms with Gasteiger partial charge in [0.1, 0.15) is 5.75 Å². The van der Waals surface area contributed by atoms with Crippen molar-refractivity contribution in [2.75, 3.05) is 19.7 Å². The first-order valence-electron chi connectivity index (χ1n) is 6.37. The van der Waals surface area contributed by atoms with Crippen molar-refractivity contribution in [2.24, 2.45) is 0 Å². The van der Waals surface area contributed by atoms with E-state index in [9.17, 15) is 5.11 Å². The summed E-state index contributed by atoms with van der Waals surface area (Å²) in [5.41, 5.74) is 1.09. The lowest BCUT2D eigenvalue weighted by molar-refractivity contribution is 0.187. The van der Waals surface area contributed by atoms with E-state index in [1.54, 1.807) is 12.1 Å². The standard InChI is InChI=1S/C14H23NO2/c1-2-3-4-8-15(9-10-16)12-13-6-5-7-14(17)11-13/h5-7,11,16-17H,2-4,8-10,12H2,1H3. The Balaban J connectivity index is 2.47. The molecule has 1 aromatic rings. The van der Waals surface area contributed by atoms with Gasteiger partial charge in [0, 0.05) is 13.1 Å². The number of nitrogens with zero attached hydrogens (tertiary/aromatic N) is 1. The van der Waals surface area contributed by atoms with Crippen LogP contribution in [0.15, 0.2) is 24.3 Å². The van der Waals surface area contributed by atoms with Gasteiger partial charge in [-0.2, -0.15) is 0 Å². The fourth-order valence-electron chi connectivity index (χ4n) is 1.91. The van der Waals surface area contributed by atoms with Crippen LogP contribution in [0.25, 0.3) is 0 Å². The van der Waals surface area contributed by atoms with Gasteiger partial charge in [-0.1, -0.05) is 31.9 Å². The minimum Gasteiger partial charge on any atom is -0.508 e. The second kappa shape index (κ2) is 8.09. The van der Waals surface area contributed by atoms with Gasteiger partial charge in [-0.3, -0.25) is 4.90 Å². The number of aliphatic hydroxyl groups excluding tert-OH is 1. The molecule has 0 unspecified atom stereocenters. The zero-order valence-corrected chi connectivity index (χ0v) is 10.6. The minimum atomic E-state index is 0.185. The Kier molecular flexibility index (Phi) is 6.67. The van der Waals surface area contributed by atoms with E-state index < -0.39 is 0 Å². The van der Waals surface area contributed by atoms with Gasteiger partial charge in [0.25, 0.3) is 0 Å². The van der Waals surface area contributed by atoms with E-state index in [0.717, 1.165) is 25.1 Å². The van der Waals surface area contributed by atoms with Gasteiger partial charge in [0.15, 0.2) is 0 Å². The molecule has 0 atom stereocenters. The first-order chi connectivity index (χ1) is 8.26. The maximum atomic E-state index is 9.40. The highest BCUT2D eigenvalue weighted by molar-refractivity contribution is 5.26. The molecule has 1 aromatic carbocycles. The average molecular weight is 237 g/mol. The molecular weight excluding hydrogens is 214 g/mol. The van der Waals surface area contributed by atoms with Crippen LogP contribution in [0.2, 0.25) is 0 Å². The highest BCUT2D eigenvalue weighted by Gasteiger charge is 2.05. The summed E-state index contributed by atoms with van der Waals surface area (Å²) >= 11 is 0. The van der Waals surface area contributed by atoms with Crippen LogP contribution in [-0.4, -0.2) is 34.8 Å². The highest BCUT2D eigenvalue weighted by Crippen LogP contribution is 2.13. The molecule has 17 heavy (non-hydrogen) atoms. The van der Waals surface area contributed by atoms with E-state index in [1.165, 1.54) is 12.8 Å². The lowest BCUT2D eigenvalue weighted by atomic mass is 10.2. The zero-order valence-electron chi connectivity index (χ0n) is 10.6. The number of aromatic hydroxyl groups is 1. The fraction of sp³-hybridized carbons (Fsp3) is 0.571. The molecule has 0 bridgehead atoms. The van der Waals surface area contributed by atoms with Crippen LogP contribution in [0.3, 0.4) is 0 Å². The van der Waals surface area contributed by atoms with Crippen molar-refractivity contribution < 1.29 is 10.2 Å². The van der Waals surface area contributed by atoms with Gasteiger partial charge in [-0.05, 0) is 30.7 Å². The third kappa shape index (κ3) is 5.71. The van der Waals surface area contributed by atoms with Gasteiger partial charge in [0.05, 0.1) is 6.61 Å². The minimum absolute atomic E-state index is 0.185. The topological polar surface area (TPSA) is 43.7 Å². The van der Waals surface area contributed by atoms with E-state index >= 15 is 0 Å².